The van der Waals surface area contributed by atoms with E-state index in [1.165, 1.54) is 60.5 Å². The zero-order chi connectivity index (χ0) is 39.1. The molecule has 3 aliphatic heterocycles. The van der Waals surface area contributed by atoms with E-state index in [9.17, 15) is 40.7 Å². The van der Waals surface area contributed by atoms with Crippen molar-refractivity contribution in [3.05, 3.63) is 89.1 Å². The van der Waals surface area contributed by atoms with Gasteiger partial charge < -0.3 is 29.3 Å². The molecule has 2 aromatic carbocycles. The highest BCUT2D eigenvalue weighted by atomic mass is 19.4. The molecule has 0 aliphatic carbocycles. The summed E-state index contributed by atoms with van der Waals surface area (Å²) in [6, 6.07) is 10.4. The summed E-state index contributed by atoms with van der Waals surface area (Å²) in [5.74, 6) is -0.645. The van der Waals surface area contributed by atoms with E-state index < -0.39 is 66.1 Å². The van der Waals surface area contributed by atoms with E-state index >= 15 is 0 Å². The van der Waals surface area contributed by atoms with Crippen LogP contribution in [0.1, 0.15) is 43.0 Å². The molecule has 3 aliphatic rings. The first-order valence-electron chi connectivity index (χ1n) is 17.0. The van der Waals surface area contributed by atoms with Gasteiger partial charge in [-0.25, -0.2) is 9.78 Å². The van der Waals surface area contributed by atoms with Crippen LogP contribution in [0.15, 0.2) is 66.9 Å². The van der Waals surface area contributed by atoms with E-state index in [-0.39, 0.29) is 43.2 Å². The molecule has 4 amide bonds. The monoisotopic (exact) mass is 761 g/mol. The summed E-state index contributed by atoms with van der Waals surface area (Å²) in [6.07, 6.45) is -7.46. The summed E-state index contributed by atoms with van der Waals surface area (Å²) in [4.78, 5) is 48.3. The van der Waals surface area contributed by atoms with Crippen molar-refractivity contribution in [2.75, 3.05) is 44.3 Å². The first-order valence-corrected chi connectivity index (χ1v) is 17.0. The number of anilines is 1. The fourth-order valence-electron chi connectivity index (χ4n) is 6.87. The van der Waals surface area contributed by atoms with Crippen molar-refractivity contribution >= 4 is 29.6 Å². The highest BCUT2D eigenvalue weighted by Gasteiger charge is 2.73. The predicted molar refractivity (Wildman–Crippen MR) is 182 cm³/mol. The van der Waals surface area contributed by atoms with E-state index in [2.05, 4.69) is 10.3 Å². The minimum atomic E-state index is -5.88. The molecule has 11 nitrogen and oxygen atoms in total. The number of carbonyl (C=O) groups excluding carboxylic acids is 3. The maximum atomic E-state index is 14.6. The van der Waals surface area contributed by atoms with Gasteiger partial charge in [0.05, 0.1) is 6.61 Å². The lowest BCUT2D eigenvalue weighted by molar-refractivity contribution is -0.392. The summed E-state index contributed by atoms with van der Waals surface area (Å²) in [7, 11) is 0. The van der Waals surface area contributed by atoms with Crippen molar-refractivity contribution in [3.63, 3.8) is 0 Å². The zero-order valence-corrected chi connectivity index (χ0v) is 29.5. The van der Waals surface area contributed by atoms with Crippen molar-refractivity contribution in [3.8, 4) is 11.6 Å². The van der Waals surface area contributed by atoms with Crippen molar-refractivity contribution in [1.82, 2.24) is 20.1 Å². The van der Waals surface area contributed by atoms with Gasteiger partial charge in [0.1, 0.15) is 25.3 Å². The molecule has 0 radical (unpaired) electrons. The van der Waals surface area contributed by atoms with Crippen LogP contribution in [-0.2, 0) is 32.1 Å². The molecule has 1 N–H and O–H groups in total. The van der Waals surface area contributed by atoms with Crippen molar-refractivity contribution in [2.24, 2.45) is 0 Å². The number of allylic oxidation sites excluding steroid dienone is 1. The molecule has 288 valence electrons. The van der Waals surface area contributed by atoms with Crippen LogP contribution in [-0.4, -0.2) is 90.4 Å². The van der Waals surface area contributed by atoms with Gasteiger partial charge in [0.15, 0.2) is 5.75 Å². The molecule has 1 unspecified atom stereocenters. The highest BCUT2D eigenvalue weighted by Crippen LogP contribution is 2.54. The van der Waals surface area contributed by atoms with Gasteiger partial charge in [0, 0.05) is 48.7 Å². The van der Waals surface area contributed by atoms with Gasteiger partial charge in [0.2, 0.25) is 5.91 Å². The summed E-state index contributed by atoms with van der Waals surface area (Å²) in [5.41, 5.74) is -6.42. The number of halogens is 6. The number of pyridine rings is 1. The number of hydrogen-bond acceptors (Lipinski definition) is 8. The molecule has 2 saturated heterocycles. The Labute approximate surface area is 306 Å². The molecule has 0 bridgehead atoms. The first-order chi connectivity index (χ1) is 25.5. The second-order valence-corrected chi connectivity index (χ2v) is 13.3. The van der Waals surface area contributed by atoms with E-state index in [1.54, 1.807) is 30.9 Å². The van der Waals surface area contributed by atoms with Crippen LogP contribution in [0.2, 0.25) is 0 Å². The molecule has 3 aromatic rings. The van der Waals surface area contributed by atoms with E-state index in [0.717, 1.165) is 17.0 Å². The molecule has 2 fully saturated rings. The molecule has 4 heterocycles. The molecule has 0 spiro atoms. The van der Waals surface area contributed by atoms with Crippen LogP contribution >= 0.6 is 0 Å². The van der Waals surface area contributed by atoms with Crippen molar-refractivity contribution in [1.29, 1.82) is 0 Å². The molecular weight excluding hydrogens is 724 g/mol. The number of ether oxygens (including phenoxy) is 3. The molecule has 17 heteroatoms. The highest BCUT2D eigenvalue weighted by molar-refractivity contribution is 6.09. The smallest absolute Gasteiger partial charge is 0.430 e. The number of urea groups is 1. The third-order valence-corrected chi connectivity index (χ3v) is 9.71. The van der Waals surface area contributed by atoms with Crippen LogP contribution in [0.5, 0.6) is 11.6 Å². The molecular formula is C37H37F6N5O6. The number of carbonyl (C=O) groups is 3. The third-order valence-electron chi connectivity index (χ3n) is 9.71. The lowest BCUT2D eigenvalue weighted by atomic mass is 9.89. The van der Waals surface area contributed by atoms with Gasteiger partial charge in [0.25, 0.3) is 17.4 Å². The fourth-order valence-corrected chi connectivity index (χ4v) is 6.87. The Kier molecular flexibility index (Phi) is 10.3. The van der Waals surface area contributed by atoms with Gasteiger partial charge in [-0.2, -0.15) is 26.3 Å². The Bertz CT molecular complexity index is 1930. The van der Waals surface area contributed by atoms with Crippen molar-refractivity contribution in [2.45, 2.75) is 56.9 Å². The Morgan fingerprint density at radius 1 is 1.02 bits per heavy atom. The van der Waals surface area contributed by atoms with Gasteiger partial charge in [-0.05, 0) is 50.1 Å². The molecule has 54 heavy (non-hydrogen) atoms. The number of hydrogen-bond donors (Lipinski definition) is 1. The lowest BCUT2D eigenvalue weighted by Gasteiger charge is -2.42. The zero-order valence-electron chi connectivity index (χ0n) is 29.5. The number of imide groups is 1. The van der Waals surface area contributed by atoms with E-state index in [4.69, 9.17) is 14.2 Å². The number of benzene rings is 2. The maximum Gasteiger partial charge on any atom is 0.430 e. The standard InChI is InChI=1S/C37H37F6N5O6/c1-4-8-25-17-26(35(36(38,39)40,37(41,42)43)54-22-24-9-6-5-7-10-24)11-12-28(25)47-14-13-46(20-23(47)2)30(49)21-48-32(50)34(3,45-33(48)51)27-18-29-31(44-19-27)53-16-15-52-29/h4-12,17-19,23H,13-16,20-22H2,1-3H3,(H,45,51)/t23-,34?/m0/s1. The number of aromatic nitrogens is 1. The second-order valence-electron chi connectivity index (χ2n) is 13.3. The van der Waals surface area contributed by atoms with E-state index in [1.807, 2.05) is 0 Å². The third kappa shape index (κ3) is 6.92. The number of amides is 4. The lowest BCUT2D eigenvalue weighted by Crippen LogP contribution is -2.56. The number of alkyl halides is 6. The van der Waals surface area contributed by atoms with Crippen LogP contribution in [0.25, 0.3) is 6.08 Å². The largest absolute Gasteiger partial charge is 0.484 e. The number of rotatable bonds is 9. The number of fused-ring (bicyclic) bond motifs is 1. The van der Waals surface area contributed by atoms with Crippen molar-refractivity contribution < 1.29 is 54.9 Å². The molecule has 1 aromatic heterocycles. The quantitative estimate of drug-likeness (QED) is 0.211. The normalized spacial score (nSPS) is 20.8. The summed E-state index contributed by atoms with van der Waals surface area (Å²) >= 11 is 0. The number of nitrogens with zero attached hydrogens (tertiary/aromatic N) is 4. The molecule has 0 saturated carbocycles. The average Bonchev–Trinajstić information content (AvgIpc) is 3.34. The Balaban J connectivity index is 1.19. The molecule has 6 rings (SSSR count). The Morgan fingerprint density at radius 2 is 1.72 bits per heavy atom. The first kappa shape index (κ1) is 38.4. The Hall–Kier alpha value is -5.32. The number of nitrogens with one attached hydrogen (secondary N) is 1. The summed E-state index contributed by atoms with van der Waals surface area (Å²) < 4.78 is 104. The van der Waals surface area contributed by atoms with Gasteiger partial charge in [-0.15, -0.1) is 0 Å². The van der Waals surface area contributed by atoms with Gasteiger partial charge in [-0.1, -0.05) is 48.6 Å². The average molecular weight is 762 g/mol. The summed E-state index contributed by atoms with van der Waals surface area (Å²) in [5, 5.41) is 2.63. The van der Waals surface area contributed by atoms with Crippen LogP contribution in [0.4, 0.5) is 36.8 Å². The molecule has 2 atom stereocenters. The second kappa shape index (κ2) is 14.5. The van der Waals surface area contributed by atoms with Gasteiger partial charge in [-0.3, -0.25) is 14.5 Å². The predicted octanol–water partition coefficient (Wildman–Crippen LogP) is 5.93. The van der Waals surface area contributed by atoms with E-state index in [0.29, 0.717) is 23.6 Å². The minimum absolute atomic E-state index is 0.0788. The van der Waals surface area contributed by atoms with Crippen LogP contribution < -0.4 is 19.7 Å². The van der Waals surface area contributed by atoms with Crippen LogP contribution in [0, 0.1) is 0 Å². The fraction of sp³-hybridized carbons (Fsp3) is 0.405. The van der Waals surface area contributed by atoms with Gasteiger partial charge >= 0.3 is 18.4 Å². The number of piperazine rings is 1. The van der Waals surface area contributed by atoms with Crippen LogP contribution in [0.3, 0.4) is 0 Å². The SMILES string of the molecule is CC=Cc1cc(C(OCc2ccccc2)(C(F)(F)F)C(F)(F)F)ccc1N1CCN(C(=O)CN2C(=O)NC(C)(c3cnc4c(c3)OCCO4)C2=O)C[C@@H]1C. The minimum Gasteiger partial charge on any atom is -0.484 e. The Morgan fingerprint density at radius 3 is 2.39 bits per heavy atom. The summed E-state index contributed by atoms with van der Waals surface area (Å²) in [6.45, 7) is 4.20. The topological polar surface area (TPSA) is 114 Å². The maximum absolute atomic E-state index is 14.6.